The van der Waals surface area contributed by atoms with E-state index in [2.05, 4.69) is 0 Å². The number of nitrogens with one attached hydrogen (secondary N) is 3. The molecule has 0 aliphatic heterocycles. The first-order valence-electron chi connectivity index (χ1n) is 4.77. The molecule has 0 radical (unpaired) electrons. The maximum absolute atomic E-state index is 7.86. The Labute approximate surface area is 96.8 Å². The van der Waals surface area contributed by atoms with E-state index in [0.717, 1.165) is 0 Å². The largest absolute Gasteiger partial charge is 0.349 e. The third kappa shape index (κ3) is 3.11. The highest BCUT2D eigenvalue weighted by Gasteiger charge is 2.19. The number of nitrogens with zero attached hydrogens (tertiary/aromatic N) is 4. The SMILES string of the molecule is CN(C)C(=N)N(C)C(=N)N(C)C(=N)N(C)C. The zero-order valence-electron chi connectivity index (χ0n) is 10.8. The maximum atomic E-state index is 7.86. The van der Waals surface area contributed by atoms with Gasteiger partial charge in [0.25, 0.3) is 0 Å². The van der Waals surface area contributed by atoms with Crippen molar-refractivity contribution in [1.82, 2.24) is 19.6 Å². The van der Waals surface area contributed by atoms with Crippen molar-refractivity contribution >= 4 is 17.9 Å². The molecule has 0 aliphatic carbocycles. The van der Waals surface area contributed by atoms with Crippen LogP contribution in [-0.4, -0.2) is 79.8 Å². The van der Waals surface area contributed by atoms with E-state index in [1.54, 1.807) is 52.1 Å². The molecule has 0 aromatic heterocycles. The summed E-state index contributed by atoms with van der Waals surface area (Å²) < 4.78 is 0. The first-order valence-corrected chi connectivity index (χ1v) is 4.77. The van der Waals surface area contributed by atoms with Gasteiger partial charge in [0.1, 0.15) is 0 Å². The summed E-state index contributed by atoms with van der Waals surface area (Å²) in [6.07, 6.45) is 0. The second-order valence-electron chi connectivity index (χ2n) is 3.88. The Bertz CT molecular complexity index is 266. The summed E-state index contributed by atoms with van der Waals surface area (Å²) in [5.41, 5.74) is 0. The highest BCUT2D eigenvalue weighted by molar-refractivity contribution is 6.02. The van der Waals surface area contributed by atoms with Gasteiger partial charge in [-0.25, -0.2) is 0 Å². The van der Waals surface area contributed by atoms with Crippen LogP contribution in [0.4, 0.5) is 0 Å². The zero-order valence-corrected chi connectivity index (χ0v) is 10.8. The van der Waals surface area contributed by atoms with E-state index in [9.17, 15) is 0 Å². The fourth-order valence-corrected chi connectivity index (χ4v) is 1.03. The molecule has 0 saturated heterocycles. The van der Waals surface area contributed by atoms with Gasteiger partial charge in [0.15, 0.2) is 11.9 Å². The van der Waals surface area contributed by atoms with Crippen molar-refractivity contribution in [1.29, 1.82) is 16.2 Å². The van der Waals surface area contributed by atoms with Gasteiger partial charge >= 0.3 is 0 Å². The van der Waals surface area contributed by atoms with Crippen LogP contribution in [0.5, 0.6) is 0 Å². The van der Waals surface area contributed by atoms with Crippen LogP contribution in [0.15, 0.2) is 0 Å². The van der Waals surface area contributed by atoms with Crippen molar-refractivity contribution < 1.29 is 0 Å². The molecule has 16 heavy (non-hydrogen) atoms. The molecule has 0 aliphatic rings. The molecule has 0 heterocycles. The molecule has 0 rings (SSSR count). The smallest absolute Gasteiger partial charge is 0.206 e. The van der Waals surface area contributed by atoms with Gasteiger partial charge in [-0.05, 0) is 0 Å². The quantitative estimate of drug-likeness (QED) is 0.394. The van der Waals surface area contributed by atoms with Gasteiger partial charge in [0.2, 0.25) is 5.96 Å². The predicted molar refractivity (Wildman–Crippen MR) is 66.1 cm³/mol. The molecule has 3 N–H and O–H groups in total. The summed E-state index contributed by atoms with van der Waals surface area (Å²) in [5.74, 6) is 0.476. The van der Waals surface area contributed by atoms with E-state index in [1.807, 2.05) is 0 Å². The van der Waals surface area contributed by atoms with Crippen molar-refractivity contribution in [2.45, 2.75) is 0 Å². The summed E-state index contributed by atoms with van der Waals surface area (Å²) in [6, 6.07) is 0. The topological polar surface area (TPSA) is 84.5 Å². The second kappa shape index (κ2) is 5.34. The second-order valence-corrected chi connectivity index (χ2v) is 3.88. The van der Waals surface area contributed by atoms with Gasteiger partial charge < -0.3 is 9.80 Å². The molecule has 0 fully saturated rings. The normalized spacial score (nSPS) is 9.38. The molecule has 0 saturated carbocycles. The monoisotopic (exact) mass is 227 g/mol. The number of hydrogen-bond donors (Lipinski definition) is 3. The maximum Gasteiger partial charge on any atom is 0.206 e. The number of guanidine groups is 3. The van der Waals surface area contributed by atoms with Crippen LogP contribution in [0, 0.1) is 16.2 Å². The molecular formula is C9H21N7. The standard InChI is InChI=1S/C9H21N7/c1-13(2)7(10)15(5)9(12)16(6)8(11)14(3)4/h10-12H,1-6H3. The van der Waals surface area contributed by atoms with Crippen molar-refractivity contribution in [2.75, 3.05) is 42.3 Å². The molecule has 0 amide bonds. The lowest BCUT2D eigenvalue weighted by Gasteiger charge is -2.32. The van der Waals surface area contributed by atoms with E-state index in [4.69, 9.17) is 16.2 Å². The molecular weight excluding hydrogens is 206 g/mol. The molecule has 0 atom stereocenters. The molecule has 0 spiro atoms. The first kappa shape index (κ1) is 14.2. The van der Waals surface area contributed by atoms with Gasteiger partial charge in [-0.3, -0.25) is 26.0 Å². The lowest BCUT2D eigenvalue weighted by Crippen LogP contribution is -2.51. The third-order valence-electron chi connectivity index (χ3n) is 2.12. The Morgan fingerprint density at radius 1 is 0.562 bits per heavy atom. The molecule has 0 aromatic carbocycles. The summed E-state index contributed by atoms with van der Waals surface area (Å²) >= 11 is 0. The van der Waals surface area contributed by atoms with Crippen LogP contribution in [0.1, 0.15) is 0 Å². The minimum Gasteiger partial charge on any atom is -0.349 e. The number of hydrogen-bond acceptors (Lipinski definition) is 3. The Balaban J connectivity index is 4.68. The molecule has 0 aromatic rings. The average molecular weight is 227 g/mol. The van der Waals surface area contributed by atoms with Gasteiger partial charge in [-0.2, -0.15) is 0 Å². The first-order chi connectivity index (χ1) is 7.20. The minimum atomic E-state index is 0.0809. The van der Waals surface area contributed by atoms with E-state index in [1.165, 1.54) is 9.80 Å². The van der Waals surface area contributed by atoms with Crippen molar-refractivity contribution in [3.63, 3.8) is 0 Å². The Kier molecular flexibility index (Phi) is 4.74. The summed E-state index contributed by atoms with van der Waals surface area (Å²) in [5, 5.41) is 23.3. The lowest BCUT2D eigenvalue weighted by atomic mass is 10.6. The molecule has 0 unspecified atom stereocenters. The molecule has 0 bridgehead atoms. The van der Waals surface area contributed by atoms with Gasteiger partial charge in [-0.1, -0.05) is 0 Å². The Morgan fingerprint density at radius 2 is 0.812 bits per heavy atom. The van der Waals surface area contributed by atoms with Crippen LogP contribution in [0.25, 0.3) is 0 Å². The van der Waals surface area contributed by atoms with E-state index >= 15 is 0 Å². The predicted octanol–water partition coefficient (Wildman–Crippen LogP) is -0.222. The summed E-state index contributed by atoms with van der Waals surface area (Å²) in [7, 11) is 10.2. The van der Waals surface area contributed by atoms with E-state index in [0.29, 0.717) is 0 Å². The summed E-state index contributed by atoms with van der Waals surface area (Å²) in [6.45, 7) is 0. The average Bonchev–Trinajstić information content (AvgIpc) is 2.23. The van der Waals surface area contributed by atoms with Crippen LogP contribution in [-0.2, 0) is 0 Å². The van der Waals surface area contributed by atoms with Crippen molar-refractivity contribution in [3.8, 4) is 0 Å². The number of rotatable bonds is 0. The van der Waals surface area contributed by atoms with E-state index in [-0.39, 0.29) is 17.9 Å². The highest BCUT2D eigenvalue weighted by Crippen LogP contribution is 1.97. The van der Waals surface area contributed by atoms with Crippen LogP contribution >= 0.6 is 0 Å². The van der Waals surface area contributed by atoms with Crippen molar-refractivity contribution in [3.05, 3.63) is 0 Å². The fraction of sp³-hybridized carbons (Fsp3) is 0.667. The Hall–Kier alpha value is -1.79. The molecule has 7 heteroatoms. The van der Waals surface area contributed by atoms with Crippen molar-refractivity contribution in [2.24, 2.45) is 0 Å². The third-order valence-corrected chi connectivity index (χ3v) is 2.12. The molecule has 7 nitrogen and oxygen atoms in total. The highest BCUT2D eigenvalue weighted by atomic mass is 15.5. The van der Waals surface area contributed by atoms with Gasteiger partial charge in [0, 0.05) is 42.3 Å². The van der Waals surface area contributed by atoms with Crippen LogP contribution in [0.2, 0.25) is 0 Å². The fourth-order valence-electron chi connectivity index (χ4n) is 1.03. The Morgan fingerprint density at radius 3 is 1.00 bits per heavy atom. The minimum absolute atomic E-state index is 0.0809. The zero-order chi connectivity index (χ0) is 13.0. The summed E-state index contributed by atoms with van der Waals surface area (Å²) in [4.78, 5) is 6.00. The van der Waals surface area contributed by atoms with Crippen LogP contribution < -0.4 is 0 Å². The lowest BCUT2D eigenvalue weighted by molar-refractivity contribution is 0.463. The van der Waals surface area contributed by atoms with Crippen LogP contribution in [0.3, 0.4) is 0 Å². The molecule has 92 valence electrons. The van der Waals surface area contributed by atoms with Gasteiger partial charge in [-0.15, -0.1) is 0 Å². The van der Waals surface area contributed by atoms with E-state index < -0.39 is 0 Å². The van der Waals surface area contributed by atoms with Gasteiger partial charge in [0.05, 0.1) is 0 Å².